The summed E-state index contributed by atoms with van der Waals surface area (Å²) in [5, 5.41) is 10.9. The Labute approximate surface area is 159 Å². The van der Waals surface area contributed by atoms with Crippen molar-refractivity contribution in [1.82, 2.24) is 4.98 Å². The molecule has 1 heterocycles. The molecule has 2 N–H and O–H groups in total. The van der Waals surface area contributed by atoms with Gasteiger partial charge in [0.25, 0.3) is 0 Å². The lowest BCUT2D eigenvalue weighted by Gasteiger charge is -2.34. The minimum Gasteiger partial charge on any atom is -0.481 e. The molecule has 26 heavy (non-hydrogen) atoms. The van der Waals surface area contributed by atoms with Crippen LogP contribution >= 0.6 is 11.6 Å². The number of hydrogen-bond acceptors (Lipinski definition) is 2. The number of halogens is 1. The normalized spacial score (nSPS) is 14.0. The SMILES string of the molecule is CC(C)(CCl)C(O)C(Oc1ccc(-c2ccccc2)cc1)c1ccc[nH]1. The van der Waals surface area contributed by atoms with E-state index in [-0.39, 0.29) is 0 Å². The molecule has 0 aliphatic rings. The van der Waals surface area contributed by atoms with Crippen molar-refractivity contribution < 1.29 is 9.84 Å². The minimum absolute atomic E-state index is 0.335. The maximum atomic E-state index is 10.9. The van der Waals surface area contributed by atoms with E-state index in [9.17, 15) is 5.11 Å². The summed E-state index contributed by atoms with van der Waals surface area (Å²) >= 11 is 6.06. The molecule has 0 fully saturated rings. The Balaban J connectivity index is 1.83. The van der Waals surface area contributed by atoms with Gasteiger partial charge in [-0.2, -0.15) is 0 Å². The number of alkyl halides is 1. The molecular formula is C22H24ClNO2. The van der Waals surface area contributed by atoms with Gasteiger partial charge in [-0.25, -0.2) is 0 Å². The summed E-state index contributed by atoms with van der Waals surface area (Å²) in [6, 6.07) is 21.9. The van der Waals surface area contributed by atoms with Crippen LogP contribution in [0.15, 0.2) is 72.9 Å². The molecule has 136 valence electrons. The van der Waals surface area contributed by atoms with Crippen LogP contribution in [0.5, 0.6) is 5.75 Å². The van der Waals surface area contributed by atoms with Gasteiger partial charge in [-0.3, -0.25) is 0 Å². The molecule has 0 aliphatic carbocycles. The molecule has 0 saturated heterocycles. The van der Waals surface area contributed by atoms with E-state index in [2.05, 4.69) is 17.1 Å². The van der Waals surface area contributed by atoms with Crippen LogP contribution in [-0.2, 0) is 0 Å². The topological polar surface area (TPSA) is 45.2 Å². The Hall–Kier alpha value is -2.23. The van der Waals surface area contributed by atoms with Crippen molar-refractivity contribution in [2.75, 3.05) is 5.88 Å². The first-order chi connectivity index (χ1) is 12.5. The number of hydrogen-bond donors (Lipinski definition) is 2. The van der Waals surface area contributed by atoms with Gasteiger partial charge in [0, 0.05) is 17.5 Å². The fourth-order valence-corrected chi connectivity index (χ4v) is 2.97. The zero-order valence-corrected chi connectivity index (χ0v) is 15.8. The highest BCUT2D eigenvalue weighted by Crippen LogP contribution is 2.35. The molecule has 0 bridgehead atoms. The van der Waals surface area contributed by atoms with Crippen LogP contribution in [0.1, 0.15) is 25.6 Å². The summed E-state index contributed by atoms with van der Waals surface area (Å²) < 4.78 is 6.16. The molecule has 1 aromatic heterocycles. The molecule has 3 aromatic rings. The Bertz CT molecular complexity index is 798. The monoisotopic (exact) mass is 369 g/mol. The van der Waals surface area contributed by atoms with Crippen molar-refractivity contribution in [1.29, 1.82) is 0 Å². The van der Waals surface area contributed by atoms with Gasteiger partial charge in [0.15, 0.2) is 6.10 Å². The maximum Gasteiger partial charge on any atom is 0.165 e. The number of H-pyrrole nitrogens is 1. The molecule has 2 aromatic carbocycles. The van der Waals surface area contributed by atoms with E-state index < -0.39 is 17.6 Å². The highest BCUT2D eigenvalue weighted by molar-refractivity contribution is 6.18. The lowest BCUT2D eigenvalue weighted by Crippen LogP contribution is -2.38. The van der Waals surface area contributed by atoms with Gasteiger partial charge < -0.3 is 14.8 Å². The van der Waals surface area contributed by atoms with Gasteiger partial charge in [0.2, 0.25) is 0 Å². The van der Waals surface area contributed by atoms with Crippen molar-refractivity contribution in [3.05, 3.63) is 78.6 Å². The minimum atomic E-state index is -0.757. The van der Waals surface area contributed by atoms with Crippen molar-refractivity contribution >= 4 is 11.6 Å². The summed E-state index contributed by atoms with van der Waals surface area (Å²) in [5.74, 6) is 1.04. The van der Waals surface area contributed by atoms with Crippen LogP contribution in [0.4, 0.5) is 0 Å². The maximum absolute atomic E-state index is 10.9. The van der Waals surface area contributed by atoms with Gasteiger partial charge >= 0.3 is 0 Å². The van der Waals surface area contributed by atoms with Gasteiger partial charge in [-0.15, -0.1) is 11.6 Å². The van der Waals surface area contributed by atoms with E-state index in [1.165, 1.54) is 0 Å². The molecule has 0 amide bonds. The quantitative estimate of drug-likeness (QED) is 0.545. The predicted molar refractivity (Wildman–Crippen MR) is 107 cm³/mol. The number of nitrogens with one attached hydrogen (secondary N) is 1. The van der Waals surface area contributed by atoms with Crippen LogP contribution in [0.3, 0.4) is 0 Å². The second kappa shape index (κ2) is 7.98. The summed E-state index contributed by atoms with van der Waals surface area (Å²) in [4.78, 5) is 3.14. The number of aromatic amines is 1. The summed E-state index contributed by atoms with van der Waals surface area (Å²) in [5.41, 5.74) is 2.61. The first-order valence-corrected chi connectivity index (χ1v) is 9.24. The Morgan fingerprint density at radius 2 is 1.62 bits per heavy atom. The van der Waals surface area contributed by atoms with E-state index in [0.29, 0.717) is 11.6 Å². The summed E-state index contributed by atoms with van der Waals surface area (Å²) in [6.07, 6.45) is 0.540. The molecule has 3 nitrogen and oxygen atoms in total. The van der Waals surface area contributed by atoms with E-state index in [0.717, 1.165) is 16.8 Å². The third-order valence-corrected chi connectivity index (χ3v) is 5.27. The Kier molecular flexibility index (Phi) is 5.70. The van der Waals surface area contributed by atoms with E-state index in [1.807, 2.05) is 74.6 Å². The molecule has 0 radical (unpaired) electrons. The average Bonchev–Trinajstić information content (AvgIpc) is 3.21. The lowest BCUT2D eigenvalue weighted by atomic mass is 9.84. The van der Waals surface area contributed by atoms with Crippen LogP contribution in [0, 0.1) is 5.41 Å². The van der Waals surface area contributed by atoms with Gasteiger partial charge in [0.1, 0.15) is 11.9 Å². The van der Waals surface area contributed by atoms with Crippen molar-refractivity contribution in [2.24, 2.45) is 5.41 Å². The van der Waals surface area contributed by atoms with Crippen LogP contribution < -0.4 is 4.74 Å². The molecule has 2 unspecified atom stereocenters. The molecular weight excluding hydrogens is 346 g/mol. The average molecular weight is 370 g/mol. The highest BCUT2D eigenvalue weighted by atomic mass is 35.5. The fourth-order valence-electron chi connectivity index (χ4n) is 2.81. The zero-order chi connectivity index (χ0) is 18.6. The van der Waals surface area contributed by atoms with Crippen LogP contribution in [-0.4, -0.2) is 22.1 Å². The van der Waals surface area contributed by atoms with Crippen molar-refractivity contribution in [2.45, 2.75) is 26.1 Å². The number of ether oxygens (including phenoxy) is 1. The molecule has 0 saturated carbocycles. The molecule has 0 spiro atoms. The van der Waals surface area contributed by atoms with Gasteiger partial charge in [-0.05, 0) is 35.4 Å². The zero-order valence-electron chi connectivity index (χ0n) is 15.0. The van der Waals surface area contributed by atoms with Gasteiger partial charge in [-0.1, -0.05) is 56.3 Å². The number of aliphatic hydroxyl groups excluding tert-OH is 1. The van der Waals surface area contributed by atoms with E-state index in [1.54, 1.807) is 0 Å². The summed E-state index contributed by atoms with van der Waals surface area (Å²) in [7, 11) is 0. The predicted octanol–water partition coefficient (Wildman–Crippen LogP) is 5.43. The molecule has 4 heteroatoms. The van der Waals surface area contributed by atoms with Crippen molar-refractivity contribution in [3.8, 4) is 16.9 Å². The summed E-state index contributed by atoms with van der Waals surface area (Å²) in [6.45, 7) is 3.87. The lowest BCUT2D eigenvalue weighted by molar-refractivity contribution is -0.0333. The second-order valence-corrected chi connectivity index (χ2v) is 7.39. The number of benzene rings is 2. The van der Waals surface area contributed by atoms with E-state index in [4.69, 9.17) is 16.3 Å². The van der Waals surface area contributed by atoms with Crippen molar-refractivity contribution in [3.63, 3.8) is 0 Å². The molecule has 3 rings (SSSR count). The highest BCUT2D eigenvalue weighted by Gasteiger charge is 2.36. The second-order valence-electron chi connectivity index (χ2n) is 7.12. The number of rotatable bonds is 7. The van der Waals surface area contributed by atoms with E-state index >= 15 is 0 Å². The standard InChI is InChI=1S/C22H24ClNO2/c1-22(2,15-23)21(25)20(19-9-6-14-24-19)26-18-12-10-17(11-13-18)16-7-4-3-5-8-16/h3-14,20-21,24-25H,15H2,1-2H3. The Morgan fingerprint density at radius 3 is 2.19 bits per heavy atom. The third-order valence-electron chi connectivity index (χ3n) is 4.58. The van der Waals surface area contributed by atoms with Crippen LogP contribution in [0.25, 0.3) is 11.1 Å². The van der Waals surface area contributed by atoms with Gasteiger partial charge in [0.05, 0.1) is 5.69 Å². The Morgan fingerprint density at radius 1 is 0.962 bits per heavy atom. The fraction of sp³-hybridized carbons (Fsp3) is 0.273. The third kappa shape index (κ3) is 4.12. The molecule has 0 aliphatic heterocycles. The largest absolute Gasteiger partial charge is 0.481 e. The smallest absolute Gasteiger partial charge is 0.165 e. The number of aromatic nitrogens is 1. The van der Waals surface area contributed by atoms with Crippen LogP contribution in [0.2, 0.25) is 0 Å². The molecule has 2 atom stereocenters. The number of aliphatic hydroxyl groups is 1. The first kappa shape index (κ1) is 18.6. The first-order valence-electron chi connectivity index (χ1n) is 8.71.